The second kappa shape index (κ2) is 6.37. The summed E-state index contributed by atoms with van der Waals surface area (Å²) >= 11 is 0. The molecule has 0 spiro atoms. The summed E-state index contributed by atoms with van der Waals surface area (Å²) < 4.78 is 12.0. The van der Waals surface area contributed by atoms with E-state index in [4.69, 9.17) is 0 Å². The second-order valence-corrected chi connectivity index (χ2v) is 3.80. The Bertz CT molecular complexity index is 252. The van der Waals surface area contributed by atoms with Gasteiger partial charge in [0, 0.05) is 0 Å². The third-order valence-corrected chi connectivity index (χ3v) is 2.67. The smallest absolute Gasteiger partial charge is 0.340 e. The molecule has 6 nitrogen and oxygen atoms in total. The van der Waals surface area contributed by atoms with Crippen molar-refractivity contribution in [3.63, 3.8) is 0 Å². The fraction of sp³-hybridized carbons (Fsp3) is 0.889. The molecule has 92 valence electrons. The number of aliphatic hydroxyl groups excluding tert-OH is 1. The fourth-order valence-corrected chi connectivity index (χ4v) is 1.77. The van der Waals surface area contributed by atoms with E-state index in [-0.39, 0.29) is 12.6 Å². The number of nitrogens with one attached hydrogen (secondary N) is 1. The molecule has 0 unspecified atom stereocenters. The number of nitroso groups, excluding NO2 is 1. The van der Waals surface area contributed by atoms with Gasteiger partial charge in [-0.05, 0) is 12.8 Å². The summed E-state index contributed by atoms with van der Waals surface area (Å²) in [6, 6.07) is -1.12. The topological polar surface area (TPSA) is 82.0 Å². The van der Waals surface area contributed by atoms with E-state index in [1.807, 2.05) is 0 Å². The lowest BCUT2D eigenvalue weighted by molar-refractivity contribution is 0.0896. The van der Waals surface area contributed by atoms with Crippen LogP contribution in [0.25, 0.3) is 0 Å². The lowest BCUT2D eigenvalue weighted by Gasteiger charge is -2.29. The quantitative estimate of drug-likeness (QED) is 0.560. The summed E-state index contributed by atoms with van der Waals surface area (Å²) in [5.41, 5.74) is 0. The summed E-state index contributed by atoms with van der Waals surface area (Å²) in [5, 5.41) is 15.0. The van der Waals surface area contributed by atoms with E-state index in [0.717, 1.165) is 12.8 Å². The minimum absolute atomic E-state index is 0.363. The zero-order chi connectivity index (χ0) is 12.0. The van der Waals surface area contributed by atoms with Crippen molar-refractivity contribution in [3.05, 3.63) is 4.91 Å². The predicted octanol–water partition coefficient (Wildman–Crippen LogP) is 0.952. The molecule has 0 bridgehead atoms. The summed E-state index contributed by atoms with van der Waals surface area (Å²) in [6.45, 7) is -1.19. The molecule has 1 aliphatic carbocycles. The summed E-state index contributed by atoms with van der Waals surface area (Å²) in [4.78, 5) is 21.7. The molecule has 0 saturated heterocycles. The fourth-order valence-electron chi connectivity index (χ4n) is 1.77. The lowest BCUT2D eigenvalue weighted by Crippen LogP contribution is -2.49. The van der Waals surface area contributed by atoms with Crippen molar-refractivity contribution >= 4 is 6.03 Å². The van der Waals surface area contributed by atoms with Gasteiger partial charge in [0.25, 0.3) is 0 Å². The molecule has 1 saturated carbocycles. The first-order valence-corrected chi connectivity index (χ1v) is 5.34. The standard InChI is InChI=1S/C9H16FN3O3/c10-5-6-13(12-16)9(15)11-7-3-1-2-4-8(7)14/h7-8,14H,1-6H2,(H,11,15)/t7-,8-/m0/s1. The Morgan fingerprint density at radius 2 is 2.19 bits per heavy atom. The number of alkyl halides is 1. The van der Waals surface area contributed by atoms with Crippen LogP contribution in [0.4, 0.5) is 9.18 Å². The molecule has 2 amide bonds. The van der Waals surface area contributed by atoms with E-state index >= 15 is 0 Å². The van der Waals surface area contributed by atoms with E-state index in [2.05, 4.69) is 10.6 Å². The van der Waals surface area contributed by atoms with E-state index in [1.54, 1.807) is 0 Å². The number of carbonyl (C=O) groups excluding carboxylic acids is 1. The number of halogens is 1. The van der Waals surface area contributed by atoms with Crippen LogP contribution < -0.4 is 5.32 Å². The van der Waals surface area contributed by atoms with E-state index in [1.165, 1.54) is 0 Å². The molecule has 1 fully saturated rings. The van der Waals surface area contributed by atoms with Crippen LogP contribution in [0.15, 0.2) is 5.29 Å². The molecule has 0 aliphatic heterocycles. The Morgan fingerprint density at radius 3 is 2.75 bits per heavy atom. The van der Waals surface area contributed by atoms with Crippen LogP contribution in [0.5, 0.6) is 0 Å². The van der Waals surface area contributed by atoms with Gasteiger partial charge in [-0.3, -0.25) is 0 Å². The van der Waals surface area contributed by atoms with Crippen LogP contribution in [-0.4, -0.2) is 41.5 Å². The largest absolute Gasteiger partial charge is 0.391 e. The van der Waals surface area contributed by atoms with Crippen molar-refractivity contribution < 1.29 is 14.3 Å². The molecule has 1 aliphatic rings. The Balaban J connectivity index is 2.44. The molecule has 0 radical (unpaired) electrons. The Morgan fingerprint density at radius 1 is 1.50 bits per heavy atom. The van der Waals surface area contributed by atoms with E-state index in [0.29, 0.717) is 17.9 Å². The first kappa shape index (κ1) is 12.8. The van der Waals surface area contributed by atoms with Crippen molar-refractivity contribution in [1.82, 2.24) is 10.3 Å². The van der Waals surface area contributed by atoms with Gasteiger partial charge in [0.15, 0.2) is 0 Å². The second-order valence-electron chi connectivity index (χ2n) is 3.80. The molecule has 0 aromatic carbocycles. The monoisotopic (exact) mass is 233 g/mol. The number of amides is 2. The Hall–Kier alpha value is -1.24. The van der Waals surface area contributed by atoms with Crippen molar-refractivity contribution in [3.8, 4) is 0 Å². The van der Waals surface area contributed by atoms with Crippen LogP contribution in [0, 0.1) is 4.91 Å². The third-order valence-electron chi connectivity index (χ3n) is 2.67. The first-order chi connectivity index (χ1) is 7.69. The molecular formula is C9H16FN3O3. The van der Waals surface area contributed by atoms with Crippen molar-refractivity contribution in [2.45, 2.75) is 37.8 Å². The zero-order valence-electron chi connectivity index (χ0n) is 8.93. The van der Waals surface area contributed by atoms with E-state index < -0.39 is 18.8 Å². The highest BCUT2D eigenvalue weighted by Crippen LogP contribution is 2.18. The van der Waals surface area contributed by atoms with Crippen LogP contribution in [0.3, 0.4) is 0 Å². The van der Waals surface area contributed by atoms with Gasteiger partial charge in [-0.15, -0.1) is 4.91 Å². The number of nitrogens with zero attached hydrogens (tertiary/aromatic N) is 2. The van der Waals surface area contributed by atoms with Crippen molar-refractivity contribution in [1.29, 1.82) is 0 Å². The number of hydrogen-bond donors (Lipinski definition) is 2. The number of hydrogen-bond acceptors (Lipinski definition) is 4. The predicted molar refractivity (Wildman–Crippen MR) is 55.3 cm³/mol. The molecule has 16 heavy (non-hydrogen) atoms. The lowest BCUT2D eigenvalue weighted by atomic mass is 9.93. The average molecular weight is 233 g/mol. The average Bonchev–Trinajstić information content (AvgIpc) is 2.29. The maximum Gasteiger partial charge on any atom is 0.340 e. The minimum Gasteiger partial charge on any atom is -0.391 e. The van der Waals surface area contributed by atoms with Gasteiger partial charge < -0.3 is 10.4 Å². The number of carbonyl (C=O) groups is 1. The molecule has 7 heteroatoms. The van der Waals surface area contributed by atoms with Crippen molar-refractivity contribution in [2.75, 3.05) is 13.2 Å². The van der Waals surface area contributed by atoms with Gasteiger partial charge in [-0.2, -0.15) is 5.01 Å². The van der Waals surface area contributed by atoms with Gasteiger partial charge in [0.2, 0.25) is 0 Å². The Labute approximate surface area is 92.7 Å². The molecule has 0 aromatic heterocycles. The van der Waals surface area contributed by atoms with Gasteiger partial charge in [-0.1, -0.05) is 12.8 Å². The SMILES string of the molecule is O=NN(CCF)C(=O)N[C@H]1CCCC[C@@H]1O. The molecule has 2 atom stereocenters. The van der Waals surface area contributed by atoms with Gasteiger partial charge in [0.1, 0.15) is 6.67 Å². The van der Waals surface area contributed by atoms with Gasteiger partial charge in [-0.25, -0.2) is 9.18 Å². The number of urea groups is 1. The normalized spacial score (nSPS) is 24.9. The molecule has 2 N–H and O–H groups in total. The highest BCUT2D eigenvalue weighted by atomic mass is 19.1. The molecule has 0 aromatic rings. The van der Waals surface area contributed by atoms with Crippen LogP contribution in [0.2, 0.25) is 0 Å². The maximum atomic E-state index is 12.0. The number of aliphatic hydroxyl groups is 1. The summed E-state index contributed by atoms with van der Waals surface area (Å²) in [6.07, 6.45) is 2.53. The molecule has 1 rings (SSSR count). The van der Waals surface area contributed by atoms with Crippen LogP contribution >= 0.6 is 0 Å². The summed E-state index contributed by atoms with van der Waals surface area (Å²) in [5.74, 6) is 0. The highest BCUT2D eigenvalue weighted by Gasteiger charge is 2.26. The van der Waals surface area contributed by atoms with E-state index in [9.17, 15) is 19.2 Å². The first-order valence-electron chi connectivity index (χ1n) is 5.34. The van der Waals surface area contributed by atoms with Gasteiger partial charge >= 0.3 is 6.03 Å². The number of rotatable bonds is 4. The van der Waals surface area contributed by atoms with Crippen molar-refractivity contribution in [2.24, 2.45) is 5.29 Å². The maximum absolute atomic E-state index is 12.0. The van der Waals surface area contributed by atoms with Crippen LogP contribution in [-0.2, 0) is 0 Å². The third kappa shape index (κ3) is 3.41. The highest BCUT2D eigenvalue weighted by molar-refractivity contribution is 5.74. The molecule has 0 heterocycles. The van der Waals surface area contributed by atoms with Gasteiger partial charge in [0.05, 0.1) is 24.0 Å². The minimum atomic E-state index is -0.827. The Kier molecular flexibility index (Phi) is 5.10. The molecular weight excluding hydrogens is 217 g/mol. The summed E-state index contributed by atoms with van der Waals surface area (Å²) in [7, 11) is 0. The van der Waals surface area contributed by atoms with Crippen LogP contribution in [0.1, 0.15) is 25.7 Å². The zero-order valence-corrected chi connectivity index (χ0v) is 8.93.